The van der Waals surface area contributed by atoms with E-state index in [1.807, 2.05) is 4.90 Å². The van der Waals surface area contributed by atoms with E-state index in [0.29, 0.717) is 58.7 Å². The molecule has 0 rings (SSSR count). The van der Waals surface area contributed by atoms with Gasteiger partial charge >= 0.3 is 0 Å². The van der Waals surface area contributed by atoms with Crippen LogP contribution < -0.4 is 0 Å². The first kappa shape index (κ1) is 111. The minimum absolute atomic E-state index is 0.00621. The predicted molar refractivity (Wildman–Crippen MR) is 482 cm³/mol. The van der Waals surface area contributed by atoms with Crippen molar-refractivity contribution in [3.63, 3.8) is 0 Å². The molecule has 0 saturated carbocycles. The van der Waals surface area contributed by atoms with Crippen LogP contribution in [0, 0.1) is 0 Å². The summed E-state index contributed by atoms with van der Waals surface area (Å²) in [5.41, 5.74) is 0. The van der Waals surface area contributed by atoms with Gasteiger partial charge in [-0.25, -0.2) is 0 Å². The van der Waals surface area contributed by atoms with Crippen molar-refractivity contribution in [2.75, 3.05) is 127 Å². The highest BCUT2D eigenvalue weighted by molar-refractivity contribution is 5.82. The number of hydrogen-bond acceptors (Lipinski definition) is 13. The molecule has 0 aliphatic heterocycles. The molecule has 0 aromatic carbocycles. The van der Waals surface area contributed by atoms with Crippen LogP contribution in [-0.4, -0.2) is 252 Å². The van der Waals surface area contributed by atoms with Crippen molar-refractivity contribution in [3.05, 3.63) is 0 Å². The molecule has 5 N–H and O–H groups in total. The lowest BCUT2D eigenvalue weighted by Crippen LogP contribution is -2.50. The molecular weight excluding hydrogens is 1430 g/mol. The Morgan fingerprint density at radius 2 is 0.281 bits per heavy atom. The topological polar surface area (TPSA) is 212 Å². The molecule has 18 heteroatoms. The van der Waals surface area contributed by atoms with Crippen LogP contribution in [0.25, 0.3) is 0 Å². The summed E-state index contributed by atoms with van der Waals surface area (Å²) < 4.78 is 0. The molecule has 5 unspecified atom stereocenters. The van der Waals surface area contributed by atoms with Gasteiger partial charge < -0.3 is 54.9 Å². The summed E-state index contributed by atoms with van der Waals surface area (Å²) in [6, 6.07) is 0. The van der Waals surface area contributed by atoms with Crippen molar-refractivity contribution in [2.24, 2.45) is 0 Å². The second-order valence-corrected chi connectivity index (χ2v) is 35.4. The fraction of sp³-hybridized carbons (Fsp3) is 0.948. The molecular formula is C96H192N8O10. The van der Waals surface area contributed by atoms with E-state index in [1.54, 1.807) is 69.5 Å². The maximum absolute atomic E-state index is 14.1. The van der Waals surface area contributed by atoms with Gasteiger partial charge in [0.25, 0.3) is 29.5 Å². The van der Waals surface area contributed by atoms with Crippen molar-refractivity contribution in [1.82, 2.24) is 39.2 Å². The molecule has 0 fully saturated rings. The highest BCUT2D eigenvalue weighted by Gasteiger charge is 2.30. The van der Waals surface area contributed by atoms with Crippen LogP contribution in [0.4, 0.5) is 0 Å². The number of carbonyl (C=O) groups excluding carboxylic acids is 5. The first-order valence-electron chi connectivity index (χ1n) is 49.1. The minimum atomic E-state index is -1.41. The molecule has 0 radical (unpaired) electrons. The van der Waals surface area contributed by atoms with E-state index in [1.165, 1.54) is 289 Å². The van der Waals surface area contributed by atoms with Crippen LogP contribution in [-0.2, 0) is 24.0 Å². The van der Waals surface area contributed by atoms with E-state index in [4.69, 9.17) is 0 Å². The quantitative estimate of drug-likeness (QED) is 0.0359. The van der Waals surface area contributed by atoms with E-state index < -0.39 is 54.1 Å². The second kappa shape index (κ2) is 81.1. The van der Waals surface area contributed by atoms with Crippen LogP contribution >= 0.6 is 0 Å². The van der Waals surface area contributed by atoms with Crippen molar-refractivity contribution in [1.29, 1.82) is 0 Å². The van der Waals surface area contributed by atoms with Crippen molar-refractivity contribution in [3.8, 4) is 0 Å². The number of aliphatic hydroxyl groups is 5. The van der Waals surface area contributed by atoms with E-state index in [9.17, 15) is 49.5 Å². The van der Waals surface area contributed by atoms with Gasteiger partial charge in [0.2, 0.25) is 0 Å². The highest BCUT2D eigenvalue weighted by atomic mass is 16.3. The van der Waals surface area contributed by atoms with E-state index in [2.05, 4.69) is 34.6 Å². The SMILES string of the molecule is CCCCCCCCCCCCCCN(C)C(=O)C(O)CN(CCCN(CC(O)C(=O)N(C)CCCCCCCCCCCCCC)CC(O)C(=O)N(C)CCCCCCCCCCCCCC)CCCN(CC(O)C(=O)N(C)CCCCCCCCCCCCCC)CC(O)C(=O)N(C)CCCCCCCCCCCCCC. The molecule has 0 heterocycles. The maximum Gasteiger partial charge on any atom is 0.252 e. The molecule has 0 saturated heterocycles. The minimum Gasteiger partial charge on any atom is -0.382 e. The summed E-state index contributed by atoms with van der Waals surface area (Å²) >= 11 is 0. The van der Waals surface area contributed by atoms with Gasteiger partial charge in [0.15, 0.2) is 0 Å². The largest absolute Gasteiger partial charge is 0.382 e. The number of nitrogens with zero attached hydrogens (tertiary/aromatic N) is 8. The van der Waals surface area contributed by atoms with Gasteiger partial charge in [-0.15, -0.1) is 0 Å². The number of likely N-dealkylation sites (N-methyl/N-ethyl adjacent to an activating group) is 5. The molecule has 18 nitrogen and oxygen atoms in total. The number of hydrogen-bond donors (Lipinski definition) is 5. The zero-order valence-electron chi connectivity index (χ0n) is 77.0. The number of amides is 5. The van der Waals surface area contributed by atoms with Crippen molar-refractivity contribution < 1.29 is 49.5 Å². The molecule has 0 spiro atoms. The molecule has 0 aromatic heterocycles. The Morgan fingerprint density at radius 1 is 0.167 bits per heavy atom. The van der Waals surface area contributed by atoms with E-state index in [-0.39, 0.29) is 51.7 Å². The third-order valence-corrected chi connectivity index (χ3v) is 24.1. The fourth-order valence-electron chi connectivity index (χ4n) is 16.2. The van der Waals surface area contributed by atoms with Crippen molar-refractivity contribution in [2.45, 2.75) is 463 Å². The molecule has 0 bridgehead atoms. The summed E-state index contributed by atoms with van der Waals surface area (Å²) in [7, 11) is 8.68. The molecule has 114 heavy (non-hydrogen) atoms. The smallest absolute Gasteiger partial charge is 0.252 e. The Morgan fingerprint density at radius 3 is 0.421 bits per heavy atom. The normalized spacial score (nSPS) is 13.1. The number of unbranched alkanes of at least 4 members (excludes halogenated alkanes) is 55. The van der Waals surface area contributed by atoms with Gasteiger partial charge in [-0.3, -0.25) is 33.8 Å². The van der Waals surface area contributed by atoms with Crippen LogP contribution in [0.3, 0.4) is 0 Å². The second-order valence-electron chi connectivity index (χ2n) is 35.4. The average Bonchev–Trinajstić information content (AvgIpc) is 0.887. The molecule has 0 aliphatic carbocycles. The lowest BCUT2D eigenvalue weighted by atomic mass is 10.1. The summed E-state index contributed by atoms with van der Waals surface area (Å²) in [4.78, 5) is 83.7. The Kier molecular flexibility index (Phi) is 78.9. The summed E-state index contributed by atoms with van der Waals surface area (Å²) in [5, 5.41) is 58.9. The predicted octanol–water partition coefficient (Wildman–Crippen LogP) is 20.3. The monoisotopic (exact) mass is 1620 g/mol. The summed E-state index contributed by atoms with van der Waals surface area (Å²) in [6.07, 6.45) is 66.1. The summed E-state index contributed by atoms with van der Waals surface area (Å²) in [6.45, 7) is 14.6. The van der Waals surface area contributed by atoms with Gasteiger partial charge in [-0.2, -0.15) is 0 Å². The van der Waals surface area contributed by atoms with Gasteiger partial charge in [0.1, 0.15) is 30.5 Å². The lowest BCUT2D eigenvalue weighted by molar-refractivity contribution is -0.143. The zero-order valence-corrected chi connectivity index (χ0v) is 77.0. The number of rotatable bonds is 88. The van der Waals surface area contributed by atoms with Crippen LogP contribution in [0.15, 0.2) is 0 Å². The summed E-state index contributed by atoms with van der Waals surface area (Å²) in [5.74, 6) is -2.03. The molecule has 0 aliphatic rings. The first-order chi connectivity index (χ1) is 55.3. The maximum atomic E-state index is 14.1. The van der Waals surface area contributed by atoms with E-state index >= 15 is 0 Å². The Bertz CT molecular complexity index is 1930. The standard InChI is InChI=1S/C96H192N8O10/c1-11-16-21-26-31-36-41-46-51-56-61-66-73-97(6)92(110)87(105)82-102(78-71-80-103(83-88(106)93(111)98(7)74-67-62-57-52-47-42-37-32-27-22-17-12-2)84-89(107)94(112)99(8)75-68-63-58-53-48-43-38-33-28-23-18-13-3)79-72-81-104(85-90(108)95(113)100(9)76-69-64-59-54-49-44-39-34-29-24-19-14-4)86-91(109)96(114)101(10)77-70-65-60-55-50-45-40-35-30-25-20-15-5/h87-91,105-109H,11-86H2,1-10H3. The van der Waals surface area contributed by atoms with Crippen molar-refractivity contribution >= 4 is 29.5 Å². The number of aliphatic hydroxyl groups excluding tert-OH is 5. The Labute approximate surface area is 704 Å². The zero-order chi connectivity index (χ0) is 84.1. The Balaban J connectivity index is 6.78. The Hall–Kier alpha value is -2.97. The third kappa shape index (κ3) is 65.8. The van der Waals surface area contributed by atoms with E-state index in [0.717, 1.165) is 96.3 Å². The van der Waals surface area contributed by atoms with Gasteiger partial charge in [0.05, 0.1) is 0 Å². The van der Waals surface area contributed by atoms with Gasteiger partial charge in [-0.1, -0.05) is 388 Å². The fourth-order valence-corrected chi connectivity index (χ4v) is 16.2. The van der Waals surface area contributed by atoms with Crippen LogP contribution in [0.2, 0.25) is 0 Å². The third-order valence-electron chi connectivity index (χ3n) is 24.1. The molecule has 5 atom stereocenters. The molecule has 676 valence electrons. The van der Waals surface area contributed by atoms with Crippen LogP contribution in [0.5, 0.6) is 0 Å². The van der Waals surface area contributed by atoms with Crippen LogP contribution in [0.1, 0.15) is 433 Å². The number of carbonyl (C=O) groups is 5. The first-order valence-corrected chi connectivity index (χ1v) is 49.1. The molecule has 0 aromatic rings. The van der Waals surface area contributed by atoms with Gasteiger partial charge in [-0.05, 0) is 71.1 Å². The lowest BCUT2D eigenvalue weighted by Gasteiger charge is -2.32. The average molecular weight is 1620 g/mol. The van der Waals surface area contributed by atoms with Gasteiger partial charge in [0, 0.05) is 101 Å². The highest BCUT2D eigenvalue weighted by Crippen LogP contribution is 2.20. The molecule has 5 amide bonds.